The molecule has 10 nitrogen and oxygen atoms in total. The number of hydrogen-bond acceptors (Lipinski definition) is 8. The monoisotopic (exact) mass is 445 g/mol. The normalized spacial score (nSPS) is 16.8. The van der Waals surface area contributed by atoms with Crippen LogP contribution in [0.3, 0.4) is 0 Å². The summed E-state index contributed by atoms with van der Waals surface area (Å²) < 4.78 is 53.1. The van der Waals surface area contributed by atoms with Crippen LogP contribution in [0, 0.1) is 6.92 Å². The maximum Gasteiger partial charge on any atom is 0.272 e. The van der Waals surface area contributed by atoms with Crippen molar-refractivity contribution in [3.05, 3.63) is 29.8 Å². The van der Waals surface area contributed by atoms with Gasteiger partial charge in [0.1, 0.15) is 0 Å². The number of carbonyl (C=O) groups excluding carboxylic acids is 1. The highest BCUT2D eigenvalue weighted by molar-refractivity contribution is 7.91. The summed E-state index contributed by atoms with van der Waals surface area (Å²) in [6, 6.07) is 6.52. The van der Waals surface area contributed by atoms with Gasteiger partial charge < -0.3 is 5.32 Å². The van der Waals surface area contributed by atoms with E-state index in [9.17, 15) is 21.6 Å². The van der Waals surface area contributed by atoms with Gasteiger partial charge in [0.25, 0.3) is 10.0 Å². The largest absolute Gasteiger partial charge is 0.301 e. The molecule has 13 heteroatoms. The van der Waals surface area contributed by atoms with Crippen molar-refractivity contribution in [2.24, 2.45) is 0 Å². The van der Waals surface area contributed by atoms with Crippen molar-refractivity contribution in [2.45, 2.75) is 23.1 Å². The van der Waals surface area contributed by atoms with Gasteiger partial charge in [-0.2, -0.15) is 8.61 Å². The van der Waals surface area contributed by atoms with E-state index in [2.05, 4.69) is 15.5 Å². The number of nitrogens with one attached hydrogen (secondary N) is 1. The SMILES string of the molecule is CC(=O)Nc1nnc(S(=O)(=O)N2CCN(S(=O)(=O)c3ccc(C)cc3)CC2)s1. The van der Waals surface area contributed by atoms with Crippen molar-refractivity contribution in [3.63, 3.8) is 0 Å². The zero-order chi connectivity index (χ0) is 20.5. The molecule has 0 spiro atoms. The second-order valence-electron chi connectivity index (χ2n) is 6.18. The Morgan fingerprint density at radius 2 is 1.50 bits per heavy atom. The lowest BCUT2D eigenvalue weighted by molar-refractivity contribution is -0.114. The van der Waals surface area contributed by atoms with Gasteiger partial charge in [0, 0.05) is 33.1 Å². The highest BCUT2D eigenvalue weighted by atomic mass is 32.2. The minimum Gasteiger partial charge on any atom is -0.301 e. The first kappa shape index (κ1) is 20.8. The molecule has 0 atom stereocenters. The summed E-state index contributed by atoms with van der Waals surface area (Å²) in [7, 11) is -7.59. The Morgan fingerprint density at radius 3 is 2.04 bits per heavy atom. The number of rotatable bonds is 5. The Balaban J connectivity index is 1.71. The van der Waals surface area contributed by atoms with Crippen LogP contribution in [0.2, 0.25) is 0 Å². The van der Waals surface area contributed by atoms with Crippen molar-refractivity contribution >= 4 is 42.4 Å². The molecule has 0 saturated carbocycles. The standard InChI is InChI=1S/C15H19N5O5S3/c1-11-3-5-13(6-4-11)27(22,23)19-7-9-20(10-8-19)28(24,25)15-18-17-14(26-15)16-12(2)21/h3-6H,7-10H2,1-2H3,(H,16,17,21). The number of anilines is 1. The third kappa shape index (κ3) is 4.22. The molecule has 0 bridgehead atoms. The van der Waals surface area contributed by atoms with E-state index in [1.165, 1.54) is 15.5 Å². The summed E-state index contributed by atoms with van der Waals surface area (Å²) in [5.74, 6) is -0.380. The number of aromatic nitrogens is 2. The molecule has 0 unspecified atom stereocenters. The molecule has 1 amide bonds. The summed E-state index contributed by atoms with van der Waals surface area (Å²) in [4.78, 5) is 11.2. The Labute approximate surface area is 167 Å². The molecule has 0 radical (unpaired) electrons. The molecule has 1 aromatic carbocycles. The van der Waals surface area contributed by atoms with E-state index in [4.69, 9.17) is 0 Å². The van der Waals surface area contributed by atoms with Crippen LogP contribution >= 0.6 is 11.3 Å². The lowest BCUT2D eigenvalue weighted by Crippen LogP contribution is -2.50. The fraction of sp³-hybridized carbons (Fsp3) is 0.400. The molecule has 2 aromatic rings. The van der Waals surface area contributed by atoms with Gasteiger partial charge in [0.15, 0.2) is 0 Å². The van der Waals surface area contributed by atoms with E-state index >= 15 is 0 Å². The summed E-state index contributed by atoms with van der Waals surface area (Å²) in [5, 5.41) is 9.75. The molecule has 1 fully saturated rings. The molecule has 1 aromatic heterocycles. The van der Waals surface area contributed by atoms with Gasteiger partial charge >= 0.3 is 0 Å². The van der Waals surface area contributed by atoms with Crippen LogP contribution in [-0.2, 0) is 24.8 Å². The quantitative estimate of drug-likeness (QED) is 0.663. The molecule has 0 aliphatic carbocycles. The maximum absolute atomic E-state index is 12.7. The maximum atomic E-state index is 12.7. The fourth-order valence-electron chi connectivity index (χ4n) is 2.64. The van der Waals surface area contributed by atoms with Gasteiger partial charge in [0.05, 0.1) is 4.90 Å². The van der Waals surface area contributed by atoms with Crippen molar-refractivity contribution in [2.75, 3.05) is 31.5 Å². The molecule has 2 heterocycles. The lowest BCUT2D eigenvalue weighted by atomic mass is 10.2. The van der Waals surface area contributed by atoms with Crippen LogP contribution in [0.4, 0.5) is 5.13 Å². The molecule has 28 heavy (non-hydrogen) atoms. The summed E-state index contributed by atoms with van der Waals surface area (Å²) in [5.41, 5.74) is 0.950. The van der Waals surface area contributed by atoms with Crippen molar-refractivity contribution in [3.8, 4) is 0 Å². The Hall–Kier alpha value is -1.93. The number of benzene rings is 1. The number of sulfonamides is 2. The topological polar surface area (TPSA) is 130 Å². The predicted octanol–water partition coefficient (Wildman–Crippen LogP) is 0.500. The Morgan fingerprint density at radius 1 is 0.964 bits per heavy atom. The van der Waals surface area contributed by atoms with Crippen LogP contribution in [0.5, 0.6) is 0 Å². The van der Waals surface area contributed by atoms with Crippen LogP contribution in [-0.4, -0.2) is 67.7 Å². The number of amides is 1. The van der Waals surface area contributed by atoms with Crippen molar-refractivity contribution in [1.82, 2.24) is 18.8 Å². The summed E-state index contributed by atoms with van der Waals surface area (Å²) in [6.45, 7) is 3.22. The number of nitrogens with zero attached hydrogens (tertiary/aromatic N) is 4. The van der Waals surface area contributed by atoms with Crippen LogP contribution in [0.1, 0.15) is 12.5 Å². The molecular formula is C15H19N5O5S3. The first-order valence-electron chi connectivity index (χ1n) is 8.29. The van der Waals surface area contributed by atoms with E-state index in [1.54, 1.807) is 24.3 Å². The number of carbonyl (C=O) groups is 1. The highest BCUT2D eigenvalue weighted by Crippen LogP contribution is 2.25. The van der Waals surface area contributed by atoms with Crippen molar-refractivity contribution in [1.29, 1.82) is 0 Å². The third-order valence-electron chi connectivity index (χ3n) is 4.11. The van der Waals surface area contributed by atoms with Crippen LogP contribution in [0.25, 0.3) is 0 Å². The van der Waals surface area contributed by atoms with Crippen molar-refractivity contribution < 1.29 is 21.6 Å². The predicted molar refractivity (Wildman–Crippen MR) is 103 cm³/mol. The second kappa shape index (κ2) is 7.83. The minimum atomic E-state index is -3.91. The average Bonchev–Trinajstić information content (AvgIpc) is 3.11. The van der Waals surface area contributed by atoms with E-state index in [0.29, 0.717) is 0 Å². The van der Waals surface area contributed by atoms with Gasteiger partial charge in [0.2, 0.25) is 25.4 Å². The molecule has 3 rings (SSSR count). The fourth-order valence-corrected chi connectivity index (χ4v) is 6.56. The third-order valence-corrected chi connectivity index (χ3v) is 9.10. The highest BCUT2D eigenvalue weighted by Gasteiger charge is 2.35. The first-order chi connectivity index (χ1) is 13.1. The average molecular weight is 446 g/mol. The van der Waals surface area contributed by atoms with Crippen LogP contribution < -0.4 is 5.32 Å². The molecule has 1 N–H and O–H groups in total. The molecule has 1 aliphatic rings. The molecule has 1 saturated heterocycles. The number of piperazine rings is 1. The number of hydrogen-bond donors (Lipinski definition) is 1. The van der Waals surface area contributed by atoms with E-state index in [1.807, 2.05) is 6.92 Å². The molecule has 152 valence electrons. The van der Waals surface area contributed by atoms with Crippen LogP contribution in [0.15, 0.2) is 33.5 Å². The molecular weight excluding hydrogens is 426 g/mol. The second-order valence-corrected chi connectivity index (χ2v) is 11.2. The van der Waals surface area contributed by atoms with Gasteiger partial charge in [-0.15, -0.1) is 10.2 Å². The zero-order valence-corrected chi connectivity index (χ0v) is 17.6. The van der Waals surface area contributed by atoms with Gasteiger partial charge in [-0.05, 0) is 19.1 Å². The first-order valence-corrected chi connectivity index (χ1v) is 12.0. The molecule has 1 aliphatic heterocycles. The number of aryl methyl sites for hydroxylation is 1. The van der Waals surface area contributed by atoms with E-state index in [0.717, 1.165) is 16.9 Å². The van der Waals surface area contributed by atoms with Gasteiger partial charge in [-0.25, -0.2) is 16.8 Å². The van der Waals surface area contributed by atoms with E-state index < -0.39 is 20.0 Å². The minimum absolute atomic E-state index is 0.00246. The van der Waals surface area contributed by atoms with Gasteiger partial charge in [-0.3, -0.25) is 4.79 Å². The van der Waals surface area contributed by atoms with E-state index in [-0.39, 0.29) is 46.5 Å². The zero-order valence-electron chi connectivity index (χ0n) is 15.2. The summed E-state index contributed by atoms with van der Waals surface area (Å²) in [6.07, 6.45) is 0. The summed E-state index contributed by atoms with van der Waals surface area (Å²) >= 11 is 0.751. The smallest absolute Gasteiger partial charge is 0.272 e. The Bertz CT molecular complexity index is 1070. The Kier molecular flexibility index (Phi) is 5.82. The van der Waals surface area contributed by atoms with Gasteiger partial charge in [-0.1, -0.05) is 29.0 Å². The lowest BCUT2D eigenvalue weighted by Gasteiger charge is -2.32.